The number of aromatic nitrogens is 1. The quantitative estimate of drug-likeness (QED) is 0.0384. The van der Waals surface area contributed by atoms with Gasteiger partial charge in [0.15, 0.2) is 35.0 Å². The van der Waals surface area contributed by atoms with Gasteiger partial charge in [0.25, 0.3) is 11.5 Å². The first-order valence-corrected chi connectivity index (χ1v) is 27.9. The molecule has 0 spiro atoms. The number of carbonyl (C=O) groups is 4. The van der Waals surface area contributed by atoms with Gasteiger partial charge in [0, 0.05) is 65.3 Å². The number of carbonyl (C=O) groups excluding carboxylic acids is 4. The van der Waals surface area contributed by atoms with Crippen LogP contribution in [0.2, 0.25) is 10.0 Å². The summed E-state index contributed by atoms with van der Waals surface area (Å²) >= 11 is 12.1. The molecule has 0 radical (unpaired) electrons. The van der Waals surface area contributed by atoms with E-state index in [2.05, 4.69) is 46.0 Å². The van der Waals surface area contributed by atoms with Gasteiger partial charge < -0.3 is 70.5 Å². The highest BCUT2D eigenvalue weighted by molar-refractivity contribution is 7.89. The molecule has 1 atom stereocenters. The standard InChI is InChI=1S/C18H22ClN3O5S.C16H17ClN2O4.C12H12N2O3.C11H12N2O3/c1-4-27-17-11(2)15(23)14(17)20-13-6-5-12(19)18(16(13)24)28(25,26)22-9-7-21(3)8-10-22;1-5-23-15-8(2)13(20)12(15)18-10-7-6-9(17)11(14(10)21)16(22)19(3)4;1-3-17-11-7(2)10(15)9(11)14-8-5-4-6-13-12(8)16;1-6-8(10(15)9(6)14)12-7-4-3-5-13(2)11(7)16/h5-6,20,24H,2,4,7-10H2,1,3H3;6-7,18,21H,2,5H2,1,3-4H3;4-6,14H,2-3H2,1H3,(H,13,16);3-5,11-12,16H,1-2H3. The molecule has 446 valence electrons. The van der Waals surface area contributed by atoms with Crippen LogP contribution >= 0.6 is 23.2 Å². The van der Waals surface area contributed by atoms with E-state index in [1.165, 1.54) is 39.7 Å². The number of allylic oxidation sites excluding steroid dienone is 8. The third-order valence-electron chi connectivity index (χ3n) is 13.0. The second-order valence-electron chi connectivity index (χ2n) is 18.9. The molecular weight excluding hydrogens is 1150 g/mol. The third-order valence-corrected chi connectivity index (χ3v) is 15.8. The lowest BCUT2D eigenvalue weighted by atomic mass is 9.95. The number of ether oxygens (including phenoxy) is 3. The van der Waals surface area contributed by atoms with Gasteiger partial charge in [-0.3, -0.25) is 33.6 Å². The lowest BCUT2D eigenvalue weighted by molar-refractivity contribution is -0.114. The second kappa shape index (κ2) is 27.1. The van der Waals surface area contributed by atoms with Crippen LogP contribution in [0.1, 0.15) is 36.7 Å². The van der Waals surface area contributed by atoms with Crippen molar-refractivity contribution in [2.45, 2.75) is 38.8 Å². The van der Waals surface area contributed by atoms with Crippen molar-refractivity contribution in [1.82, 2.24) is 24.0 Å². The van der Waals surface area contributed by atoms with Crippen molar-refractivity contribution >= 4 is 79.2 Å². The zero-order valence-corrected chi connectivity index (χ0v) is 49.4. The van der Waals surface area contributed by atoms with Crippen molar-refractivity contribution in [3.63, 3.8) is 0 Å². The number of rotatable bonds is 17. The lowest BCUT2D eigenvalue weighted by Gasteiger charge is -2.32. The zero-order chi connectivity index (χ0) is 62.2. The average Bonchev–Trinajstić information content (AvgIpc) is 3.46. The third kappa shape index (κ3) is 13.4. The van der Waals surface area contributed by atoms with Crippen molar-refractivity contribution in [1.29, 1.82) is 0 Å². The van der Waals surface area contributed by atoms with Crippen LogP contribution in [0.5, 0.6) is 11.5 Å². The Kier molecular flexibility index (Phi) is 20.8. The summed E-state index contributed by atoms with van der Waals surface area (Å²) in [7, 11) is 2.71. The molecule has 4 aromatic rings. The number of piperazine rings is 1. The monoisotopic (exact) mass is 1220 g/mol. The van der Waals surface area contributed by atoms with Crippen molar-refractivity contribution in [3.05, 3.63) is 189 Å². The van der Waals surface area contributed by atoms with E-state index in [4.69, 9.17) is 37.4 Å². The number of Topliss-reactive ketones (excluding diaryl/α,β-unsaturated/α-hetero) is 3. The fourth-order valence-corrected chi connectivity index (χ4v) is 10.5. The fourth-order valence-electron chi connectivity index (χ4n) is 8.23. The molecule has 27 heteroatoms. The highest BCUT2D eigenvalue weighted by atomic mass is 35.5. The molecule has 3 aliphatic carbocycles. The van der Waals surface area contributed by atoms with E-state index in [1.807, 2.05) is 18.9 Å². The second-order valence-corrected chi connectivity index (χ2v) is 21.6. The van der Waals surface area contributed by atoms with Gasteiger partial charge in [0.2, 0.25) is 38.2 Å². The summed E-state index contributed by atoms with van der Waals surface area (Å²) in [6.07, 6.45) is 5.82. The highest BCUT2D eigenvalue weighted by Crippen LogP contribution is 2.42. The minimum Gasteiger partial charge on any atom is -0.505 e. The van der Waals surface area contributed by atoms with E-state index in [9.17, 15) is 57.3 Å². The highest BCUT2D eigenvalue weighted by Gasteiger charge is 2.38. The first-order valence-electron chi connectivity index (χ1n) is 25.7. The molecule has 24 nitrogen and oxygen atoms in total. The minimum absolute atomic E-state index is 0.0363. The normalized spacial score (nSPS) is 16.9. The Labute approximate surface area is 493 Å². The molecule has 0 bridgehead atoms. The molecule has 1 amide bonds. The maximum absolute atomic E-state index is 13.1. The number of H-pyrrole nitrogens is 1. The number of aliphatic hydroxyl groups excluding tert-OH is 1. The number of nitrogens with zero attached hydrogens (tertiary/aromatic N) is 4. The maximum atomic E-state index is 13.1. The molecule has 1 unspecified atom stereocenters. The van der Waals surface area contributed by atoms with Crippen LogP contribution in [0, 0.1) is 6.92 Å². The predicted molar refractivity (Wildman–Crippen MR) is 318 cm³/mol. The average molecular weight is 1220 g/mol. The Bertz CT molecular complexity index is 3790. The van der Waals surface area contributed by atoms with Gasteiger partial charge in [-0.1, -0.05) is 42.9 Å². The number of pyridine rings is 1. The number of amides is 1. The van der Waals surface area contributed by atoms with E-state index in [0.29, 0.717) is 85.8 Å². The number of nitrogens with one attached hydrogen (secondary N) is 5. The van der Waals surface area contributed by atoms with Gasteiger partial charge in [-0.05, 0) is 83.3 Å². The molecule has 9 rings (SSSR count). The SMILES string of the molecule is C=C1C(=O)C(Nc2ccc(Cl)c(C(=O)N(C)C)c2O)=C1OCC.C=C1C(=O)C(Nc2ccc(Cl)c(S(=O)(=O)N3CCN(C)CC3)c2O)=C1OCC.C=C1C(=O)C(Nc2ccc[nH]c2=O)=C1OCC.Cc1c(NC2=CC=CN(C)C2O)c(=O)c1=O. The molecule has 1 saturated heterocycles. The smallest absolute Gasteiger partial charge is 0.271 e. The number of sulfonamides is 1. The Morgan fingerprint density at radius 3 is 1.65 bits per heavy atom. The zero-order valence-electron chi connectivity index (χ0n) is 47.1. The number of hydrogen-bond acceptors (Lipinski definition) is 21. The van der Waals surface area contributed by atoms with Crippen molar-refractivity contribution in [2.24, 2.45) is 0 Å². The van der Waals surface area contributed by atoms with Crippen LogP contribution in [-0.2, 0) is 38.6 Å². The summed E-state index contributed by atoms with van der Waals surface area (Å²) in [6, 6.07) is 8.98. The molecular formula is C57H63Cl2N9O15S. The first-order chi connectivity index (χ1) is 39.6. The summed E-state index contributed by atoms with van der Waals surface area (Å²) in [4.78, 5) is 88.3. The van der Waals surface area contributed by atoms with Gasteiger partial charge in [-0.25, -0.2) is 8.42 Å². The lowest BCUT2D eigenvalue weighted by Crippen LogP contribution is -2.47. The number of phenolic OH excluding ortho intramolecular Hbond substituents is 2. The Balaban J connectivity index is 0.000000184. The molecule has 0 saturated carbocycles. The van der Waals surface area contributed by atoms with Gasteiger partial charge in [-0.2, -0.15) is 4.31 Å². The molecule has 84 heavy (non-hydrogen) atoms. The molecule has 1 aromatic heterocycles. The Morgan fingerprint density at radius 2 is 1.19 bits per heavy atom. The number of aromatic hydroxyl groups is 2. The number of hydrogen-bond donors (Lipinski definition) is 8. The summed E-state index contributed by atoms with van der Waals surface area (Å²) in [5, 5.41) is 41.9. The van der Waals surface area contributed by atoms with Crippen LogP contribution in [-0.4, -0.2) is 151 Å². The molecule has 1 fully saturated rings. The van der Waals surface area contributed by atoms with E-state index in [1.54, 1.807) is 77.3 Å². The van der Waals surface area contributed by atoms with Crippen molar-refractivity contribution in [2.75, 3.05) is 95.5 Å². The van der Waals surface area contributed by atoms with E-state index in [0.717, 1.165) is 0 Å². The number of halogens is 2. The largest absolute Gasteiger partial charge is 0.505 e. The maximum Gasteiger partial charge on any atom is 0.271 e. The van der Waals surface area contributed by atoms with Gasteiger partial charge in [0.05, 0.1) is 69.3 Å². The van der Waals surface area contributed by atoms with Crippen molar-refractivity contribution in [3.8, 4) is 11.5 Å². The number of aromatic amines is 1. The summed E-state index contributed by atoms with van der Waals surface area (Å²) in [5.74, 6) is -1.12. The first kappa shape index (κ1) is 64.4. The van der Waals surface area contributed by atoms with Crippen LogP contribution < -0.4 is 37.7 Å². The topological polar surface area (TPSA) is 319 Å². The van der Waals surface area contributed by atoms with Crippen molar-refractivity contribution < 1.29 is 57.1 Å². The Morgan fingerprint density at radius 1 is 0.714 bits per heavy atom. The summed E-state index contributed by atoms with van der Waals surface area (Å²) in [5.41, 5.74) is 1.83. The van der Waals surface area contributed by atoms with Crippen LogP contribution in [0.4, 0.5) is 22.7 Å². The number of anilines is 4. The van der Waals surface area contributed by atoms with Crippen LogP contribution in [0.25, 0.3) is 0 Å². The number of aliphatic hydroxyl groups is 1. The van der Waals surface area contributed by atoms with Gasteiger partial charge >= 0.3 is 0 Å². The number of ketones is 3. The number of likely N-dealkylation sites (N-methyl/N-ethyl adjacent to an activating group) is 2. The molecule has 3 aromatic carbocycles. The van der Waals surface area contributed by atoms with Crippen LogP contribution in [0.3, 0.4) is 0 Å². The van der Waals surface area contributed by atoms with Gasteiger partial charge in [0.1, 0.15) is 33.2 Å². The summed E-state index contributed by atoms with van der Waals surface area (Å²) in [6.45, 7) is 20.7. The summed E-state index contributed by atoms with van der Waals surface area (Å²) < 4.78 is 43.4. The Hall–Kier alpha value is -8.72. The predicted octanol–water partition coefficient (Wildman–Crippen LogP) is 5.17. The van der Waals surface area contributed by atoms with E-state index < -0.39 is 38.8 Å². The number of benzene rings is 2. The number of phenols is 2. The molecule has 5 aliphatic rings. The molecule has 3 heterocycles. The van der Waals surface area contributed by atoms with E-state index in [-0.39, 0.29) is 94.5 Å². The molecule has 2 aliphatic heterocycles. The minimum atomic E-state index is -4.01. The van der Waals surface area contributed by atoms with Crippen LogP contribution in [0.15, 0.2) is 157 Å². The van der Waals surface area contributed by atoms with Gasteiger partial charge in [-0.15, -0.1) is 0 Å². The van der Waals surface area contributed by atoms with E-state index >= 15 is 0 Å². The molecule has 8 N–H and O–H groups in total. The fraction of sp³-hybridized carbons (Fsp3) is 0.281.